The molecule has 0 bridgehead atoms. The second kappa shape index (κ2) is 9.47. The van der Waals surface area contributed by atoms with Crippen LogP contribution in [-0.4, -0.2) is 31.3 Å². The maximum absolute atomic E-state index is 12.2. The molecule has 3 aromatic rings. The SMILES string of the molecule is COc1ncc(C=CCCNC(=O)OCC2c3ccccc3-c3ccccc32)cc1C. The van der Waals surface area contributed by atoms with E-state index in [9.17, 15) is 4.79 Å². The molecule has 0 fully saturated rings. The first kappa shape index (κ1) is 20.7. The van der Waals surface area contributed by atoms with Crippen molar-refractivity contribution in [2.24, 2.45) is 0 Å². The van der Waals surface area contributed by atoms with Crippen LogP contribution in [0.4, 0.5) is 4.79 Å². The molecule has 0 spiro atoms. The van der Waals surface area contributed by atoms with E-state index in [1.165, 1.54) is 22.3 Å². The first-order valence-corrected chi connectivity index (χ1v) is 10.4. The fraction of sp³-hybridized carbons (Fsp3) is 0.231. The quantitative estimate of drug-likeness (QED) is 0.530. The molecule has 0 atom stereocenters. The van der Waals surface area contributed by atoms with Gasteiger partial charge in [0.25, 0.3) is 0 Å². The molecule has 158 valence electrons. The van der Waals surface area contributed by atoms with Crippen molar-refractivity contribution in [3.05, 3.63) is 89.1 Å². The Morgan fingerprint density at radius 1 is 1.10 bits per heavy atom. The number of hydrogen-bond acceptors (Lipinski definition) is 4. The van der Waals surface area contributed by atoms with Gasteiger partial charge in [-0.15, -0.1) is 0 Å². The molecule has 1 N–H and O–H groups in total. The molecule has 1 aromatic heterocycles. The highest BCUT2D eigenvalue weighted by atomic mass is 16.5. The van der Waals surface area contributed by atoms with Crippen molar-refractivity contribution in [1.29, 1.82) is 0 Å². The lowest BCUT2D eigenvalue weighted by Crippen LogP contribution is -2.26. The van der Waals surface area contributed by atoms with Crippen molar-refractivity contribution >= 4 is 12.2 Å². The van der Waals surface area contributed by atoms with E-state index >= 15 is 0 Å². The number of aromatic nitrogens is 1. The minimum Gasteiger partial charge on any atom is -0.481 e. The highest BCUT2D eigenvalue weighted by molar-refractivity contribution is 5.79. The number of amides is 1. The zero-order chi connectivity index (χ0) is 21.6. The van der Waals surface area contributed by atoms with Crippen molar-refractivity contribution in [2.45, 2.75) is 19.3 Å². The van der Waals surface area contributed by atoms with Crippen LogP contribution in [0.5, 0.6) is 5.88 Å². The summed E-state index contributed by atoms with van der Waals surface area (Å²) in [4.78, 5) is 16.4. The molecule has 1 amide bonds. The minimum absolute atomic E-state index is 0.0730. The Bertz CT molecular complexity index is 1060. The van der Waals surface area contributed by atoms with Gasteiger partial charge in [-0.1, -0.05) is 60.7 Å². The third kappa shape index (κ3) is 4.61. The third-order valence-corrected chi connectivity index (χ3v) is 5.48. The van der Waals surface area contributed by atoms with Gasteiger partial charge in [-0.25, -0.2) is 9.78 Å². The van der Waals surface area contributed by atoms with Crippen LogP contribution in [0, 0.1) is 6.92 Å². The predicted octanol–water partition coefficient (Wildman–Crippen LogP) is 5.34. The van der Waals surface area contributed by atoms with Crippen LogP contribution in [0.15, 0.2) is 66.9 Å². The van der Waals surface area contributed by atoms with Gasteiger partial charge in [0.05, 0.1) is 7.11 Å². The molecule has 2 aromatic carbocycles. The van der Waals surface area contributed by atoms with Crippen LogP contribution in [-0.2, 0) is 4.74 Å². The zero-order valence-electron chi connectivity index (χ0n) is 17.8. The number of ether oxygens (including phenoxy) is 2. The van der Waals surface area contributed by atoms with E-state index < -0.39 is 6.09 Å². The van der Waals surface area contributed by atoms with Crippen LogP contribution in [0.2, 0.25) is 0 Å². The lowest BCUT2D eigenvalue weighted by molar-refractivity contribution is 0.143. The first-order valence-electron chi connectivity index (χ1n) is 10.4. The van der Waals surface area contributed by atoms with Crippen LogP contribution in [0.3, 0.4) is 0 Å². The summed E-state index contributed by atoms with van der Waals surface area (Å²) in [6.07, 6.45) is 6.07. The number of rotatable bonds is 7. The Hall–Kier alpha value is -3.60. The average Bonchev–Trinajstić information content (AvgIpc) is 3.11. The lowest BCUT2D eigenvalue weighted by atomic mass is 9.98. The number of aryl methyl sites for hydroxylation is 1. The molecule has 5 nitrogen and oxygen atoms in total. The summed E-state index contributed by atoms with van der Waals surface area (Å²) in [7, 11) is 1.61. The monoisotopic (exact) mass is 414 g/mol. The molecule has 0 radical (unpaired) electrons. The molecule has 1 aliphatic carbocycles. The zero-order valence-corrected chi connectivity index (χ0v) is 17.8. The number of carbonyl (C=O) groups excluding carboxylic acids is 1. The minimum atomic E-state index is -0.391. The Kier molecular flexibility index (Phi) is 6.32. The lowest BCUT2D eigenvalue weighted by Gasteiger charge is -2.14. The number of fused-ring (bicyclic) bond motifs is 3. The third-order valence-electron chi connectivity index (χ3n) is 5.48. The van der Waals surface area contributed by atoms with Crippen LogP contribution >= 0.6 is 0 Å². The molecule has 1 heterocycles. The second-order valence-corrected chi connectivity index (χ2v) is 7.54. The largest absolute Gasteiger partial charge is 0.481 e. The maximum Gasteiger partial charge on any atom is 0.407 e. The number of carbonyl (C=O) groups is 1. The Morgan fingerprint density at radius 2 is 1.77 bits per heavy atom. The van der Waals surface area contributed by atoms with Crippen LogP contribution in [0.1, 0.15) is 34.6 Å². The van der Waals surface area contributed by atoms with E-state index in [0.717, 1.165) is 11.1 Å². The molecular weight excluding hydrogens is 388 g/mol. The molecule has 0 unspecified atom stereocenters. The normalized spacial score (nSPS) is 12.5. The van der Waals surface area contributed by atoms with Crippen LogP contribution < -0.4 is 10.1 Å². The number of hydrogen-bond donors (Lipinski definition) is 1. The number of methoxy groups -OCH3 is 1. The summed E-state index contributed by atoms with van der Waals surface area (Å²) in [5, 5.41) is 2.82. The molecule has 4 rings (SSSR count). The summed E-state index contributed by atoms with van der Waals surface area (Å²) >= 11 is 0. The summed E-state index contributed by atoms with van der Waals surface area (Å²) in [6, 6.07) is 18.6. The van der Waals surface area contributed by atoms with Crippen molar-refractivity contribution < 1.29 is 14.3 Å². The van der Waals surface area contributed by atoms with Gasteiger partial charge in [-0.05, 0) is 47.2 Å². The van der Waals surface area contributed by atoms with Crippen molar-refractivity contribution in [1.82, 2.24) is 10.3 Å². The number of nitrogens with one attached hydrogen (secondary N) is 1. The van der Waals surface area contributed by atoms with Crippen molar-refractivity contribution in [2.75, 3.05) is 20.3 Å². The van der Waals surface area contributed by atoms with Gasteiger partial charge in [0.15, 0.2) is 0 Å². The first-order chi connectivity index (χ1) is 15.2. The van der Waals surface area contributed by atoms with Gasteiger partial charge < -0.3 is 14.8 Å². The summed E-state index contributed by atoms with van der Waals surface area (Å²) in [5.74, 6) is 0.706. The summed E-state index contributed by atoms with van der Waals surface area (Å²) in [5.41, 5.74) is 6.85. The van der Waals surface area contributed by atoms with E-state index in [0.29, 0.717) is 25.5 Å². The molecule has 0 saturated heterocycles. The number of benzene rings is 2. The molecule has 0 saturated carbocycles. The Morgan fingerprint density at radius 3 is 2.42 bits per heavy atom. The molecule has 0 aliphatic heterocycles. The molecule has 31 heavy (non-hydrogen) atoms. The van der Waals surface area contributed by atoms with Crippen molar-refractivity contribution in [3.63, 3.8) is 0 Å². The van der Waals surface area contributed by atoms with Gasteiger partial charge >= 0.3 is 6.09 Å². The average molecular weight is 415 g/mol. The molecular formula is C26H26N2O3. The number of alkyl carbamates (subject to hydrolysis) is 1. The predicted molar refractivity (Wildman–Crippen MR) is 122 cm³/mol. The Labute approximate surface area is 182 Å². The van der Waals surface area contributed by atoms with Crippen LogP contribution in [0.25, 0.3) is 17.2 Å². The van der Waals surface area contributed by atoms with E-state index in [1.807, 2.05) is 49.4 Å². The summed E-state index contributed by atoms with van der Waals surface area (Å²) < 4.78 is 10.7. The van der Waals surface area contributed by atoms with E-state index in [4.69, 9.17) is 9.47 Å². The Balaban J connectivity index is 1.26. The van der Waals surface area contributed by atoms with E-state index in [2.05, 4.69) is 34.6 Å². The highest BCUT2D eigenvalue weighted by Gasteiger charge is 2.28. The summed E-state index contributed by atoms with van der Waals surface area (Å²) in [6.45, 7) is 2.80. The smallest absolute Gasteiger partial charge is 0.407 e. The maximum atomic E-state index is 12.2. The van der Waals surface area contributed by atoms with Gasteiger partial charge in [0, 0.05) is 24.2 Å². The molecule has 1 aliphatic rings. The fourth-order valence-electron chi connectivity index (χ4n) is 4.02. The van der Waals surface area contributed by atoms with Gasteiger partial charge in [0.2, 0.25) is 5.88 Å². The van der Waals surface area contributed by atoms with Gasteiger partial charge in [0.1, 0.15) is 6.61 Å². The topological polar surface area (TPSA) is 60.5 Å². The molecule has 5 heteroatoms. The highest BCUT2D eigenvalue weighted by Crippen LogP contribution is 2.44. The van der Waals surface area contributed by atoms with Crippen molar-refractivity contribution in [3.8, 4) is 17.0 Å². The second-order valence-electron chi connectivity index (χ2n) is 7.54. The number of pyridine rings is 1. The standard InChI is InChI=1S/C26H26N2O3/c1-18-15-19(16-28-25(18)30-2)9-7-8-14-27-26(29)31-17-24-22-12-5-3-10-20(22)21-11-4-6-13-23(21)24/h3-7,9-13,15-16,24H,8,14,17H2,1-2H3,(H,27,29). The number of nitrogens with zero attached hydrogens (tertiary/aromatic N) is 1. The van der Waals surface area contributed by atoms with E-state index in [-0.39, 0.29) is 5.92 Å². The van der Waals surface area contributed by atoms with Gasteiger partial charge in [-0.3, -0.25) is 0 Å². The fourth-order valence-corrected chi connectivity index (χ4v) is 4.02. The van der Waals surface area contributed by atoms with E-state index in [1.54, 1.807) is 13.3 Å². The van der Waals surface area contributed by atoms with Gasteiger partial charge in [-0.2, -0.15) is 0 Å².